The van der Waals surface area contributed by atoms with Crippen LogP contribution in [0.25, 0.3) is 11.4 Å². The van der Waals surface area contributed by atoms with Gasteiger partial charge < -0.3 is 10.5 Å². The summed E-state index contributed by atoms with van der Waals surface area (Å²) in [6.45, 7) is 9.37. The van der Waals surface area contributed by atoms with Crippen molar-refractivity contribution in [2.24, 2.45) is 5.73 Å². The minimum absolute atomic E-state index is 0.272. The van der Waals surface area contributed by atoms with Crippen LogP contribution in [0.4, 0.5) is 0 Å². The fourth-order valence-electron chi connectivity index (χ4n) is 2.58. The summed E-state index contributed by atoms with van der Waals surface area (Å²) in [6.07, 6.45) is 0. The van der Waals surface area contributed by atoms with Crippen molar-refractivity contribution in [2.75, 3.05) is 13.2 Å². The number of hydrogen-bond donors (Lipinski definition) is 1. The standard InChI is InChI=1S/C17H23N3O/c1-5-21-15-8-6-7-14(9-15)17-19-12(3)16(11(2)10-18)13(4)20-17/h6-9,11H,5,10,18H2,1-4H3. The number of benzene rings is 1. The molecule has 2 N–H and O–H groups in total. The molecule has 0 aliphatic carbocycles. The van der Waals surface area contributed by atoms with Gasteiger partial charge in [-0.1, -0.05) is 19.1 Å². The lowest BCUT2D eigenvalue weighted by Gasteiger charge is -2.16. The summed E-state index contributed by atoms with van der Waals surface area (Å²) in [5.41, 5.74) is 9.89. The Morgan fingerprint density at radius 2 is 1.86 bits per heavy atom. The third kappa shape index (κ3) is 3.39. The van der Waals surface area contributed by atoms with Crippen molar-refractivity contribution >= 4 is 0 Å². The van der Waals surface area contributed by atoms with Crippen molar-refractivity contribution in [1.29, 1.82) is 0 Å². The zero-order valence-electron chi connectivity index (χ0n) is 13.2. The molecule has 2 rings (SSSR count). The van der Waals surface area contributed by atoms with Crippen LogP contribution in [0.2, 0.25) is 0 Å². The molecule has 0 amide bonds. The van der Waals surface area contributed by atoms with Gasteiger partial charge in [0, 0.05) is 17.0 Å². The van der Waals surface area contributed by atoms with Crippen LogP contribution in [-0.2, 0) is 0 Å². The summed E-state index contributed by atoms with van der Waals surface area (Å²) in [7, 11) is 0. The Morgan fingerprint density at radius 1 is 1.19 bits per heavy atom. The molecule has 0 bridgehead atoms. The van der Waals surface area contributed by atoms with Gasteiger partial charge in [-0.2, -0.15) is 0 Å². The summed E-state index contributed by atoms with van der Waals surface area (Å²) < 4.78 is 5.54. The zero-order valence-corrected chi connectivity index (χ0v) is 13.2. The molecule has 112 valence electrons. The maximum Gasteiger partial charge on any atom is 0.159 e. The molecule has 0 fully saturated rings. The molecular formula is C17H23N3O. The van der Waals surface area contributed by atoms with E-state index in [9.17, 15) is 0 Å². The van der Waals surface area contributed by atoms with E-state index in [0.29, 0.717) is 13.2 Å². The monoisotopic (exact) mass is 285 g/mol. The second kappa shape index (κ2) is 6.68. The van der Waals surface area contributed by atoms with E-state index in [1.807, 2.05) is 45.0 Å². The van der Waals surface area contributed by atoms with Gasteiger partial charge in [-0.05, 0) is 50.9 Å². The average molecular weight is 285 g/mol. The van der Waals surface area contributed by atoms with Gasteiger partial charge in [0.05, 0.1) is 6.61 Å². The normalized spacial score (nSPS) is 12.2. The van der Waals surface area contributed by atoms with Crippen molar-refractivity contribution in [3.63, 3.8) is 0 Å². The summed E-state index contributed by atoms with van der Waals surface area (Å²) in [5, 5.41) is 0. The third-order valence-corrected chi connectivity index (χ3v) is 3.58. The molecule has 4 heteroatoms. The van der Waals surface area contributed by atoms with E-state index >= 15 is 0 Å². The molecule has 0 saturated heterocycles. The van der Waals surface area contributed by atoms with E-state index in [2.05, 4.69) is 16.9 Å². The van der Waals surface area contributed by atoms with E-state index in [1.54, 1.807) is 0 Å². The van der Waals surface area contributed by atoms with Gasteiger partial charge in [0.25, 0.3) is 0 Å². The second-order valence-electron chi connectivity index (χ2n) is 5.23. The van der Waals surface area contributed by atoms with Crippen molar-refractivity contribution < 1.29 is 4.74 Å². The highest BCUT2D eigenvalue weighted by atomic mass is 16.5. The predicted octanol–water partition coefficient (Wildman–Crippen LogP) is 3.22. The van der Waals surface area contributed by atoms with Gasteiger partial charge in [0.15, 0.2) is 5.82 Å². The highest BCUT2D eigenvalue weighted by Gasteiger charge is 2.14. The quantitative estimate of drug-likeness (QED) is 0.916. The van der Waals surface area contributed by atoms with E-state index in [4.69, 9.17) is 10.5 Å². The predicted molar refractivity (Wildman–Crippen MR) is 85.6 cm³/mol. The lowest BCUT2D eigenvalue weighted by atomic mass is 9.98. The molecule has 0 radical (unpaired) electrons. The number of nitrogens with two attached hydrogens (primary N) is 1. The Balaban J connectivity index is 2.44. The smallest absolute Gasteiger partial charge is 0.159 e. The Hall–Kier alpha value is -1.94. The Bertz CT molecular complexity index is 602. The molecule has 1 atom stereocenters. The van der Waals surface area contributed by atoms with Crippen LogP contribution in [0.5, 0.6) is 5.75 Å². The number of rotatable bonds is 5. The maximum absolute atomic E-state index is 5.77. The first-order valence-corrected chi connectivity index (χ1v) is 7.35. The first-order chi connectivity index (χ1) is 10.1. The lowest BCUT2D eigenvalue weighted by molar-refractivity contribution is 0.340. The van der Waals surface area contributed by atoms with Crippen LogP contribution in [0, 0.1) is 13.8 Å². The van der Waals surface area contributed by atoms with Gasteiger partial charge in [-0.3, -0.25) is 0 Å². The average Bonchev–Trinajstić information content (AvgIpc) is 2.47. The van der Waals surface area contributed by atoms with Crippen LogP contribution in [0.1, 0.15) is 36.7 Å². The molecule has 0 spiro atoms. The first-order valence-electron chi connectivity index (χ1n) is 7.35. The fraction of sp³-hybridized carbons (Fsp3) is 0.412. The lowest BCUT2D eigenvalue weighted by Crippen LogP contribution is -2.14. The number of hydrogen-bond acceptors (Lipinski definition) is 4. The van der Waals surface area contributed by atoms with E-state index in [1.165, 1.54) is 0 Å². The molecule has 2 aromatic rings. The first kappa shape index (κ1) is 15.4. The SMILES string of the molecule is CCOc1cccc(-c2nc(C)c(C(C)CN)c(C)n2)c1. The van der Waals surface area contributed by atoms with E-state index in [-0.39, 0.29) is 5.92 Å². The molecule has 21 heavy (non-hydrogen) atoms. The van der Waals surface area contributed by atoms with Gasteiger partial charge in [-0.15, -0.1) is 0 Å². The highest BCUT2D eigenvalue weighted by Crippen LogP contribution is 2.26. The van der Waals surface area contributed by atoms with Gasteiger partial charge >= 0.3 is 0 Å². The number of ether oxygens (including phenoxy) is 1. The summed E-state index contributed by atoms with van der Waals surface area (Å²) >= 11 is 0. The minimum atomic E-state index is 0.272. The van der Waals surface area contributed by atoms with E-state index < -0.39 is 0 Å². The molecule has 0 saturated carbocycles. The number of nitrogens with zero attached hydrogens (tertiary/aromatic N) is 2. The molecule has 1 aromatic carbocycles. The topological polar surface area (TPSA) is 61.0 Å². The summed E-state index contributed by atoms with van der Waals surface area (Å²) in [4.78, 5) is 9.30. The Kier molecular flexibility index (Phi) is 4.91. The molecule has 1 aromatic heterocycles. The molecule has 4 nitrogen and oxygen atoms in total. The van der Waals surface area contributed by atoms with Crippen LogP contribution in [0.3, 0.4) is 0 Å². The largest absolute Gasteiger partial charge is 0.494 e. The molecule has 0 aliphatic heterocycles. The fourth-order valence-corrected chi connectivity index (χ4v) is 2.58. The van der Waals surface area contributed by atoms with Crippen LogP contribution < -0.4 is 10.5 Å². The van der Waals surface area contributed by atoms with Gasteiger partial charge in [0.2, 0.25) is 0 Å². The number of aryl methyl sites for hydroxylation is 2. The highest BCUT2D eigenvalue weighted by molar-refractivity contribution is 5.58. The summed E-state index contributed by atoms with van der Waals surface area (Å²) in [6, 6.07) is 7.88. The van der Waals surface area contributed by atoms with Crippen molar-refractivity contribution in [2.45, 2.75) is 33.6 Å². The second-order valence-corrected chi connectivity index (χ2v) is 5.23. The van der Waals surface area contributed by atoms with Gasteiger partial charge in [-0.25, -0.2) is 9.97 Å². The zero-order chi connectivity index (χ0) is 15.4. The molecule has 1 heterocycles. The molecular weight excluding hydrogens is 262 g/mol. The maximum atomic E-state index is 5.77. The molecule has 0 aliphatic rings. The Morgan fingerprint density at radius 3 is 2.43 bits per heavy atom. The minimum Gasteiger partial charge on any atom is -0.494 e. The van der Waals surface area contributed by atoms with Crippen LogP contribution in [0.15, 0.2) is 24.3 Å². The van der Waals surface area contributed by atoms with Crippen LogP contribution in [-0.4, -0.2) is 23.1 Å². The van der Waals surface area contributed by atoms with Gasteiger partial charge in [0.1, 0.15) is 5.75 Å². The van der Waals surface area contributed by atoms with Crippen LogP contribution >= 0.6 is 0 Å². The van der Waals surface area contributed by atoms with Crippen molar-refractivity contribution in [3.8, 4) is 17.1 Å². The van der Waals surface area contributed by atoms with Crippen molar-refractivity contribution in [1.82, 2.24) is 9.97 Å². The molecule has 1 unspecified atom stereocenters. The number of aromatic nitrogens is 2. The Labute approximate surface area is 126 Å². The third-order valence-electron chi connectivity index (χ3n) is 3.58. The van der Waals surface area contributed by atoms with Crippen molar-refractivity contribution in [3.05, 3.63) is 41.2 Å². The van der Waals surface area contributed by atoms with E-state index in [0.717, 1.165) is 34.1 Å². The summed E-state index contributed by atoms with van der Waals surface area (Å²) in [5.74, 6) is 1.85.